The van der Waals surface area contributed by atoms with Crippen LogP contribution in [0.5, 0.6) is 11.5 Å². The third-order valence-corrected chi connectivity index (χ3v) is 2.11. The zero-order chi connectivity index (χ0) is 11.0. The summed E-state index contributed by atoms with van der Waals surface area (Å²) in [6.07, 6.45) is 1.30. The zero-order valence-electron chi connectivity index (χ0n) is 8.04. The van der Waals surface area contributed by atoms with Crippen LogP contribution in [-0.4, -0.2) is 21.1 Å². The summed E-state index contributed by atoms with van der Waals surface area (Å²) in [6, 6.07) is 4.36. The summed E-state index contributed by atoms with van der Waals surface area (Å²) >= 11 is 0. The quantitative estimate of drug-likeness (QED) is 0.652. The number of primary amides is 1. The fourth-order valence-electron chi connectivity index (χ4n) is 1.33. The molecule has 0 unspecified atom stereocenters. The topological polar surface area (TPSA) is 96.4 Å². The summed E-state index contributed by atoms with van der Waals surface area (Å²) in [5.74, 6) is -1.11. The molecule has 0 saturated carbocycles. The van der Waals surface area contributed by atoms with Gasteiger partial charge in [-0.2, -0.15) is 0 Å². The SMILES string of the molecule is Cl.NC(=O)c1cc2ccc(O)c(O)c2cn1. The van der Waals surface area contributed by atoms with E-state index in [-0.39, 0.29) is 29.6 Å². The van der Waals surface area contributed by atoms with Gasteiger partial charge in [-0.05, 0) is 17.5 Å². The normalized spacial score (nSPS) is 9.75. The molecule has 1 amide bonds. The number of benzene rings is 1. The van der Waals surface area contributed by atoms with Crippen molar-refractivity contribution >= 4 is 29.1 Å². The first-order chi connectivity index (χ1) is 7.09. The molecule has 6 heteroatoms. The van der Waals surface area contributed by atoms with Crippen molar-refractivity contribution in [1.82, 2.24) is 4.98 Å². The lowest BCUT2D eigenvalue weighted by Gasteiger charge is -2.03. The fraction of sp³-hybridized carbons (Fsp3) is 0. The molecule has 5 nitrogen and oxygen atoms in total. The Morgan fingerprint density at radius 2 is 2.00 bits per heavy atom. The number of carbonyl (C=O) groups excluding carboxylic acids is 1. The van der Waals surface area contributed by atoms with E-state index in [4.69, 9.17) is 5.73 Å². The first-order valence-corrected chi connectivity index (χ1v) is 4.20. The molecule has 2 aromatic rings. The van der Waals surface area contributed by atoms with Crippen LogP contribution in [0, 0.1) is 0 Å². The van der Waals surface area contributed by atoms with Crippen LogP contribution in [-0.2, 0) is 0 Å². The average molecular weight is 241 g/mol. The van der Waals surface area contributed by atoms with Gasteiger partial charge in [0.15, 0.2) is 11.5 Å². The Hall–Kier alpha value is -2.01. The number of hydrogen-bond acceptors (Lipinski definition) is 4. The molecule has 0 fully saturated rings. The number of amides is 1. The largest absolute Gasteiger partial charge is 0.504 e. The van der Waals surface area contributed by atoms with Crippen molar-refractivity contribution in [2.75, 3.05) is 0 Å². The van der Waals surface area contributed by atoms with Crippen molar-refractivity contribution < 1.29 is 15.0 Å². The molecule has 0 aliphatic carbocycles. The van der Waals surface area contributed by atoms with Gasteiger partial charge in [-0.15, -0.1) is 12.4 Å². The van der Waals surface area contributed by atoms with E-state index in [0.717, 1.165) is 0 Å². The molecule has 1 aromatic carbocycles. The number of phenols is 2. The highest BCUT2D eigenvalue weighted by Crippen LogP contribution is 2.32. The van der Waals surface area contributed by atoms with Crippen LogP contribution in [0.3, 0.4) is 0 Å². The highest BCUT2D eigenvalue weighted by molar-refractivity contribution is 5.97. The van der Waals surface area contributed by atoms with Crippen molar-refractivity contribution in [3.8, 4) is 11.5 Å². The first kappa shape index (κ1) is 12.1. The number of fused-ring (bicyclic) bond motifs is 1. The Morgan fingerprint density at radius 3 is 2.62 bits per heavy atom. The lowest BCUT2D eigenvalue weighted by atomic mass is 10.1. The number of nitrogens with zero attached hydrogens (tertiary/aromatic N) is 1. The van der Waals surface area contributed by atoms with Crippen LogP contribution in [0.25, 0.3) is 10.8 Å². The minimum Gasteiger partial charge on any atom is -0.504 e. The number of aromatic hydroxyl groups is 2. The number of nitrogens with two attached hydrogens (primary N) is 1. The second-order valence-corrected chi connectivity index (χ2v) is 3.09. The van der Waals surface area contributed by atoms with E-state index in [1.165, 1.54) is 18.3 Å². The molecule has 4 N–H and O–H groups in total. The molecule has 0 saturated heterocycles. The molecular formula is C10H9ClN2O3. The Morgan fingerprint density at radius 1 is 1.31 bits per heavy atom. The van der Waals surface area contributed by atoms with E-state index in [9.17, 15) is 15.0 Å². The van der Waals surface area contributed by atoms with E-state index in [0.29, 0.717) is 10.8 Å². The number of pyridine rings is 1. The molecule has 1 aromatic heterocycles. The average Bonchev–Trinajstić information content (AvgIpc) is 2.23. The van der Waals surface area contributed by atoms with Gasteiger partial charge in [-0.25, -0.2) is 0 Å². The van der Waals surface area contributed by atoms with Gasteiger partial charge in [0.2, 0.25) is 0 Å². The molecule has 2 rings (SSSR count). The van der Waals surface area contributed by atoms with E-state index >= 15 is 0 Å². The molecule has 0 aliphatic rings. The van der Waals surface area contributed by atoms with Crippen LogP contribution < -0.4 is 5.73 Å². The van der Waals surface area contributed by atoms with Crippen LogP contribution >= 0.6 is 12.4 Å². The van der Waals surface area contributed by atoms with Crippen molar-refractivity contribution in [3.63, 3.8) is 0 Å². The standard InChI is InChI=1S/C10H8N2O3.ClH/c11-10(15)7-3-5-1-2-8(13)9(14)6(5)4-12-7;/h1-4,13-14H,(H2,11,15);1H. The zero-order valence-corrected chi connectivity index (χ0v) is 8.86. The molecule has 0 atom stereocenters. The van der Waals surface area contributed by atoms with Gasteiger partial charge in [-0.1, -0.05) is 6.07 Å². The lowest BCUT2D eigenvalue weighted by Crippen LogP contribution is -2.12. The highest BCUT2D eigenvalue weighted by Gasteiger charge is 2.08. The maximum absolute atomic E-state index is 10.8. The van der Waals surface area contributed by atoms with E-state index in [1.54, 1.807) is 6.07 Å². The van der Waals surface area contributed by atoms with Gasteiger partial charge in [0.1, 0.15) is 5.69 Å². The number of rotatable bonds is 1. The van der Waals surface area contributed by atoms with Gasteiger partial charge in [0.05, 0.1) is 0 Å². The highest BCUT2D eigenvalue weighted by atomic mass is 35.5. The monoisotopic (exact) mass is 240 g/mol. The molecular weight excluding hydrogens is 232 g/mol. The summed E-state index contributed by atoms with van der Waals surface area (Å²) in [6.45, 7) is 0. The van der Waals surface area contributed by atoms with Crippen molar-refractivity contribution in [2.24, 2.45) is 5.73 Å². The summed E-state index contributed by atoms with van der Waals surface area (Å²) < 4.78 is 0. The number of hydrogen-bond donors (Lipinski definition) is 3. The van der Waals surface area contributed by atoms with Crippen molar-refractivity contribution in [1.29, 1.82) is 0 Å². The van der Waals surface area contributed by atoms with Gasteiger partial charge < -0.3 is 15.9 Å². The second-order valence-electron chi connectivity index (χ2n) is 3.09. The Labute approximate surface area is 96.9 Å². The van der Waals surface area contributed by atoms with Crippen molar-refractivity contribution in [3.05, 3.63) is 30.1 Å². The predicted octanol–water partition coefficient (Wildman–Crippen LogP) is 1.17. The maximum atomic E-state index is 10.8. The van der Waals surface area contributed by atoms with Gasteiger partial charge >= 0.3 is 0 Å². The summed E-state index contributed by atoms with van der Waals surface area (Å²) in [7, 11) is 0. The lowest BCUT2D eigenvalue weighted by molar-refractivity contribution is 0.0996. The molecule has 0 bridgehead atoms. The third-order valence-electron chi connectivity index (χ3n) is 2.11. The summed E-state index contributed by atoms with van der Waals surface area (Å²) in [5, 5.41) is 19.7. The predicted molar refractivity (Wildman–Crippen MR) is 60.8 cm³/mol. The Balaban J connectivity index is 0.00000128. The third kappa shape index (κ3) is 1.85. The molecule has 0 radical (unpaired) electrons. The fourth-order valence-corrected chi connectivity index (χ4v) is 1.33. The molecule has 0 aliphatic heterocycles. The summed E-state index contributed by atoms with van der Waals surface area (Å²) in [5.41, 5.74) is 5.18. The Kier molecular flexibility index (Phi) is 3.20. The minimum atomic E-state index is -0.635. The first-order valence-electron chi connectivity index (χ1n) is 4.20. The van der Waals surface area contributed by atoms with E-state index in [2.05, 4.69) is 4.98 Å². The molecule has 1 heterocycles. The number of halogens is 1. The van der Waals surface area contributed by atoms with Gasteiger partial charge in [0.25, 0.3) is 5.91 Å². The number of carbonyl (C=O) groups is 1. The van der Waals surface area contributed by atoms with Gasteiger partial charge in [-0.3, -0.25) is 9.78 Å². The van der Waals surface area contributed by atoms with Crippen LogP contribution in [0.2, 0.25) is 0 Å². The number of aromatic nitrogens is 1. The second kappa shape index (κ2) is 4.24. The molecule has 16 heavy (non-hydrogen) atoms. The molecule has 84 valence electrons. The smallest absolute Gasteiger partial charge is 0.267 e. The maximum Gasteiger partial charge on any atom is 0.267 e. The Bertz CT molecular complexity index is 557. The van der Waals surface area contributed by atoms with Crippen LogP contribution in [0.1, 0.15) is 10.5 Å². The van der Waals surface area contributed by atoms with Crippen LogP contribution in [0.4, 0.5) is 0 Å². The van der Waals surface area contributed by atoms with E-state index in [1.807, 2.05) is 0 Å². The molecule has 0 spiro atoms. The van der Waals surface area contributed by atoms with Crippen molar-refractivity contribution in [2.45, 2.75) is 0 Å². The number of phenolic OH excluding ortho intramolecular Hbond substituents is 2. The minimum absolute atomic E-state index is 0. The van der Waals surface area contributed by atoms with Crippen LogP contribution in [0.15, 0.2) is 24.4 Å². The van der Waals surface area contributed by atoms with E-state index < -0.39 is 5.91 Å². The summed E-state index contributed by atoms with van der Waals surface area (Å²) in [4.78, 5) is 14.6. The van der Waals surface area contributed by atoms with Gasteiger partial charge in [0, 0.05) is 11.6 Å².